The van der Waals surface area contributed by atoms with E-state index in [0.717, 1.165) is 34.4 Å². The zero-order valence-electron chi connectivity index (χ0n) is 12.8. The number of hydrogen-bond donors (Lipinski definition) is 1. The molecule has 1 aromatic rings. The summed E-state index contributed by atoms with van der Waals surface area (Å²) in [7, 11) is 0. The molecule has 0 saturated carbocycles. The second-order valence-electron chi connectivity index (χ2n) is 5.07. The lowest BCUT2D eigenvalue weighted by molar-refractivity contribution is -0.140. The Labute approximate surface area is 138 Å². The van der Waals surface area contributed by atoms with Crippen LogP contribution in [0.5, 0.6) is 5.75 Å². The Morgan fingerprint density at radius 2 is 2.00 bits per heavy atom. The summed E-state index contributed by atoms with van der Waals surface area (Å²) >= 11 is 0.741. The lowest BCUT2D eigenvalue weighted by Crippen LogP contribution is -2.33. The molecule has 2 rings (SSSR count). The number of rotatable bonds is 6. The normalized spacial score (nSPS) is 17.7. The fraction of sp³-hybridized carbons (Fsp3) is 0.312. The molecule has 1 heterocycles. The lowest BCUT2D eigenvalue weighted by Gasteiger charge is -2.12. The molecule has 1 saturated heterocycles. The summed E-state index contributed by atoms with van der Waals surface area (Å²) in [5.74, 6) is -1.07. The van der Waals surface area contributed by atoms with Crippen LogP contribution in [0.2, 0.25) is 0 Å². The number of thioether (sulfide) groups is 1. The molecular weight excluding hydrogens is 318 g/mol. The van der Waals surface area contributed by atoms with Gasteiger partial charge >= 0.3 is 5.97 Å². The van der Waals surface area contributed by atoms with Crippen LogP contribution in [0.3, 0.4) is 0 Å². The summed E-state index contributed by atoms with van der Waals surface area (Å²) in [6.07, 6.45) is 2.59. The summed E-state index contributed by atoms with van der Waals surface area (Å²) in [6.45, 7) is 3.39. The van der Waals surface area contributed by atoms with Crippen LogP contribution in [0.25, 0.3) is 6.08 Å². The Morgan fingerprint density at radius 1 is 1.35 bits per heavy atom. The number of imide groups is 1. The summed E-state index contributed by atoms with van der Waals surface area (Å²) in [6, 6.07) is 7.14. The highest BCUT2D eigenvalue weighted by Crippen LogP contribution is 2.32. The monoisotopic (exact) mass is 335 g/mol. The lowest BCUT2D eigenvalue weighted by atomic mass is 10.2. The molecule has 1 N–H and O–H groups in total. The van der Waals surface area contributed by atoms with Crippen molar-refractivity contribution in [1.29, 1.82) is 0 Å². The van der Waals surface area contributed by atoms with Gasteiger partial charge in [0.15, 0.2) is 0 Å². The molecular formula is C16H17NO5S. The smallest absolute Gasteiger partial charge is 0.323 e. The minimum atomic E-state index is -1.22. The molecule has 7 heteroatoms. The standard InChI is InChI=1S/C16H17NO5S/c1-3-10(2)22-12-6-4-11(5-7-12)8-13-15(20)17(9-14(18)19)16(21)23-13/h4-8,10H,3,9H2,1-2H3,(H,18,19)/b13-8+/t10-/m1/s1. The highest BCUT2D eigenvalue weighted by molar-refractivity contribution is 8.18. The average molecular weight is 335 g/mol. The Balaban J connectivity index is 2.11. The van der Waals surface area contributed by atoms with Gasteiger partial charge in [0, 0.05) is 0 Å². The molecule has 0 radical (unpaired) electrons. The number of aliphatic carboxylic acids is 1. The van der Waals surface area contributed by atoms with Gasteiger partial charge in [0.25, 0.3) is 11.1 Å². The predicted octanol–water partition coefficient (Wildman–Crippen LogP) is 2.98. The Kier molecular flexibility index (Phi) is 5.44. The Morgan fingerprint density at radius 3 is 2.57 bits per heavy atom. The number of carbonyl (C=O) groups excluding carboxylic acids is 2. The third-order valence-electron chi connectivity index (χ3n) is 3.26. The van der Waals surface area contributed by atoms with Gasteiger partial charge in [0.2, 0.25) is 0 Å². The number of benzene rings is 1. The zero-order chi connectivity index (χ0) is 17.0. The van der Waals surface area contributed by atoms with E-state index in [1.54, 1.807) is 30.3 Å². The minimum Gasteiger partial charge on any atom is -0.491 e. The number of amides is 2. The van der Waals surface area contributed by atoms with E-state index in [2.05, 4.69) is 0 Å². The number of ether oxygens (including phenoxy) is 1. The summed E-state index contributed by atoms with van der Waals surface area (Å²) in [4.78, 5) is 35.3. The van der Waals surface area contributed by atoms with E-state index < -0.39 is 23.7 Å². The van der Waals surface area contributed by atoms with Gasteiger partial charge in [-0.1, -0.05) is 19.1 Å². The van der Waals surface area contributed by atoms with Crippen LogP contribution in [0.4, 0.5) is 4.79 Å². The summed E-state index contributed by atoms with van der Waals surface area (Å²) in [5.41, 5.74) is 0.738. The quantitative estimate of drug-likeness (QED) is 0.805. The second-order valence-corrected chi connectivity index (χ2v) is 6.06. The second kappa shape index (κ2) is 7.32. The van der Waals surface area contributed by atoms with Gasteiger partial charge in [-0.3, -0.25) is 19.3 Å². The highest BCUT2D eigenvalue weighted by Gasteiger charge is 2.36. The maximum atomic E-state index is 12.0. The minimum absolute atomic E-state index is 0.119. The van der Waals surface area contributed by atoms with E-state index in [4.69, 9.17) is 9.84 Å². The first kappa shape index (κ1) is 17.1. The predicted molar refractivity (Wildman–Crippen MR) is 87.1 cm³/mol. The van der Waals surface area contributed by atoms with Crippen LogP contribution < -0.4 is 4.74 Å². The number of carboxylic acids is 1. The molecule has 1 aliphatic rings. The number of carboxylic acid groups (broad SMARTS) is 1. The third-order valence-corrected chi connectivity index (χ3v) is 4.16. The van der Waals surface area contributed by atoms with Crippen LogP contribution in [0.1, 0.15) is 25.8 Å². The first-order chi connectivity index (χ1) is 10.9. The van der Waals surface area contributed by atoms with Gasteiger partial charge in [0.05, 0.1) is 11.0 Å². The van der Waals surface area contributed by atoms with E-state index in [1.165, 1.54) is 0 Å². The SMILES string of the molecule is CC[C@@H](C)Oc1ccc(/C=C2/SC(=O)N(CC(=O)O)C2=O)cc1. The van der Waals surface area contributed by atoms with Crippen LogP contribution in [0.15, 0.2) is 29.2 Å². The van der Waals surface area contributed by atoms with Crippen molar-refractivity contribution in [2.24, 2.45) is 0 Å². The van der Waals surface area contributed by atoms with Crippen LogP contribution in [0, 0.1) is 0 Å². The van der Waals surface area contributed by atoms with E-state index >= 15 is 0 Å². The number of carbonyl (C=O) groups is 3. The van der Waals surface area contributed by atoms with Crippen molar-refractivity contribution in [3.63, 3.8) is 0 Å². The maximum Gasteiger partial charge on any atom is 0.323 e. The van der Waals surface area contributed by atoms with Gasteiger partial charge in [0.1, 0.15) is 12.3 Å². The van der Waals surface area contributed by atoms with Crippen LogP contribution in [-0.2, 0) is 9.59 Å². The number of nitrogens with zero attached hydrogens (tertiary/aromatic N) is 1. The van der Waals surface area contributed by atoms with Crippen LogP contribution >= 0.6 is 11.8 Å². The molecule has 1 fully saturated rings. The Hall–Kier alpha value is -2.28. The highest BCUT2D eigenvalue weighted by atomic mass is 32.2. The van der Waals surface area contributed by atoms with Gasteiger partial charge in [-0.05, 0) is 48.9 Å². The van der Waals surface area contributed by atoms with Gasteiger partial charge in [-0.25, -0.2) is 0 Å². The van der Waals surface area contributed by atoms with Crippen molar-refractivity contribution < 1.29 is 24.2 Å². The molecule has 2 amide bonds. The van der Waals surface area contributed by atoms with Crippen molar-refractivity contribution in [3.8, 4) is 5.75 Å². The molecule has 23 heavy (non-hydrogen) atoms. The van der Waals surface area contributed by atoms with Crippen molar-refractivity contribution >= 4 is 35.0 Å². The first-order valence-electron chi connectivity index (χ1n) is 7.14. The fourth-order valence-electron chi connectivity index (χ4n) is 1.88. The zero-order valence-corrected chi connectivity index (χ0v) is 13.6. The van der Waals surface area contributed by atoms with Gasteiger partial charge in [-0.15, -0.1) is 0 Å². The van der Waals surface area contributed by atoms with E-state index in [9.17, 15) is 14.4 Å². The van der Waals surface area contributed by atoms with Gasteiger partial charge in [-0.2, -0.15) is 0 Å². The first-order valence-corrected chi connectivity index (χ1v) is 7.96. The third kappa shape index (κ3) is 4.35. The summed E-state index contributed by atoms with van der Waals surface area (Å²) in [5, 5.41) is 8.15. The van der Waals surface area contributed by atoms with E-state index in [-0.39, 0.29) is 11.0 Å². The molecule has 0 spiro atoms. The van der Waals surface area contributed by atoms with Gasteiger partial charge < -0.3 is 9.84 Å². The molecule has 1 aliphatic heterocycles. The molecule has 0 aromatic heterocycles. The topological polar surface area (TPSA) is 83.9 Å². The molecule has 1 aromatic carbocycles. The van der Waals surface area contributed by atoms with Crippen molar-refractivity contribution in [2.45, 2.75) is 26.4 Å². The number of hydrogen-bond acceptors (Lipinski definition) is 5. The molecule has 6 nitrogen and oxygen atoms in total. The Bertz CT molecular complexity index is 653. The summed E-state index contributed by atoms with van der Waals surface area (Å²) < 4.78 is 5.67. The van der Waals surface area contributed by atoms with Crippen LogP contribution in [-0.4, -0.2) is 39.8 Å². The van der Waals surface area contributed by atoms with Crippen molar-refractivity contribution in [2.75, 3.05) is 6.54 Å². The maximum absolute atomic E-state index is 12.0. The largest absolute Gasteiger partial charge is 0.491 e. The molecule has 0 unspecified atom stereocenters. The molecule has 0 aliphatic carbocycles. The van der Waals surface area contributed by atoms with Crippen molar-refractivity contribution in [1.82, 2.24) is 4.90 Å². The molecule has 1 atom stereocenters. The van der Waals surface area contributed by atoms with E-state index in [1.807, 2.05) is 13.8 Å². The average Bonchev–Trinajstić information content (AvgIpc) is 2.76. The fourth-order valence-corrected chi connectivity index (χ4v) is 2.72. The van der Waals surface area contributed by atoms with E-state index in [0.29, 0.717) is 0 Å². The molecule has 122 valence electrons. The van der Waals surface area contributed by atoms with Crippen molar-refractivity contribution in [3.05, 3.63) is 34.7 Å². The molecule has 0 bridgehead atoms.